The molecule has 0 bridgehead atoms. The largest absolute Gasteiger partial charge is 0.493 e. The molecule has 2 aromatic carbocycles. The summed E-state index contributed by atoms with van der Waals surface area (Å²) < 4.78 is 58.7. The van der Waals surface area contributed by atoms with Crippen molar-refractivity contribution in [3.05, 3.63) is 72.6 Å². The molecular weight excluding hydrogens is 514 g/mol. The standard InChI is InChI=1S/C25H23N5O7S/c1-33-18-5-3-4-6-20(18)37-22-24(28-23(29-25(22)34-2)17-9-11-26-12-10-17)30-38(31,32)27-14-16-7-8-19-21(13-16)36-15-35-19/h3-13,27H,14-15H2,1-2H3,(H,28,29,30). The Morgan fingerprint density at radius 1 is 0.921 bits per heavy atom. The third-order valence-corrected chi connectivity index (χ3v) is 6.37. The van der Waals surface area contributed by atoms with Gasteiger partial charge in [-0.15, -0.1) is 0 Å². The number of anilines is 1. The molecule has 5 rings (SSSR count). The summed E-state index contributed by atoms with van der Waals surface area (Å²) in [6, 6.07) is 15.4. The average molecular weight is 538 g/mol. The van der Waals surface area contributed by atoms with Crippen molar-refractivity contribution in [2.45, 2.75) is 6.54 Å². The number of nitrogens with zero attached hydrogens (tertiary/aromatic N) is 3. The molecule has 1 aliphatic heterocycles. The Kier molecular flexibility index (Phi) is 7.11. The number of aromatic nitrogens is 3. The van der Waals surface area contributed by atoms with Crippen molar-refractivity contribution >= 4 is 16.0 Å². The summed E-state index contributed by atoms with van der Waals surface area (Å²) in [5, 5.41) is 0. The lowest BCUT2D eigenvalue weighted by atomic mass is 10.2. The molecular formula is C25H23N5O7S. The molecule has 1 aliphatic rings. The molecule has 4 aromatic rings. The first-order valence-corrected chi connectivity index (χ1v) is 12.8. The molecule has 13 heteroatoms. The van der Waals surface area contributed by atoms with E-state index >= 15 is 0 Å². The van der Waals surface area contributed by atoms with E-state index in [4.69, 9.17) is 23.7 Å². The first-order chi connectivity index (χ1) is 18.5. The van der Waals surface area contributed by atoms with Gasteiger partial charge in [-0.1, -0.05) is 18.2 Å². The Hall–Kier alpha value is -4.62. The summed E-state index contributed by atoms with van der Waals surface area (Å²) in [5.41, 5.74) is 1.26. The van der Waals surface area contributed by atoms with Crippen molar-refractivity contribution in [1.82, 2.24) is 19.7 Å². The SMILES string of the molecule is COc1ccccc1Oc1c(NS(=O)(=O)NCc2ccc3c(c2)OCO3)nc(-c2ccncc2)nc1OC. The van der Waals surface area contributed by atoms with Crippen molar-refractivity contribution in [1.29, 1.82) is 0 Å². The molecule has 0 aliphatic carbocycles. The number of benzene rings is 2. The highest BCUT2D eigenvalue weighted by Crippen LogP contribution is 2.41. The van der Waals surface area contributed by atoms with E-state index in [1.54, 1.807) is 67.0 Å². The third kappa shape index (κ3) is 5.53. The van der Waals surface area contributed by atoms with Crippen LogP contribution in [0, 0.1) is 0 Å². The van der Waals surface area contributed by atoms with E-state index < -0.39 is 10.2 Å². The van der Waals surface area contributed by atoms with E-state index in [1.165, 1.54) is 14.2 Å². The molecule has 0 fully saturated rings. The first-order valence-electron chi connectivity index (χ1n) is 11.3. The number of hydrogen-bond acceptors (Lipinski definition) is 10. The van der Waals surface area contributed by atoms with Gasteiger partial charge in [0.15, 0.2) is 34.6 Å². The summed E-state index contributed by atoms with van der Waals surface area (Å²) in [5.74, 6) is 1.88. The maximum Gasteiger partial charge on any atom is 0.300 e. The van der Waals surface area contributed by atoms with Gasteiger partial charge < -0.3 is 23.7 Å². The molecule has 0 saturated carbocycles. The molecule has 2 N–H and O–H groups in total. The van der Waals surface area contributed by atoms with Crippen LogP contribution >= 0.6 is 0 Å². The predicted molar refractivity (Wildman–Crippen MR) is 137 cm³/mol. The number of para-hydroxylation sites is 2. The summed E-state index contributed by atoms with van der Waals surface area (Å²) in [6.45, 7) is 0.102. The quantitative estimate of drug-likeness (QED) is 0.308. The van der Waals surface area contributed by atoms with Crippen molar-refractivity contribution < 1.29 is 32.1 Å². The summed E-state index contributed by atoms with van der Waals surface area (Å²) in [4.78, 5) is 12.9. The molecule has 196 valence electrons. The second-order valence-corrected chi connectivity index (χ2v) is 9.34. The predicted octanol–water partition coefficient (Wildman–Crippen LogP) is 3.52. The minimum atomic E-state index is -4.14. The van der Waals surface area contributed by atoms with Crippen LogP contribution in [0.4, 0.5) is 5.82 Å². The zero-order valence-corrected chi connectivity index (χ0v) is 21.2. The molecule has 38 heavy (non-hydrogen) atoms. The molecule has 0 saturated heterocycles. The van der Waals surface area contributed by atoms with Crippen molar-refractivity contribution in [2.24, 2.45) is 0 Å². The molecule has 12 nitrogen and oxygen atoms in total. The summed E-state index contributed by atoms with van der Waals surface area (Å²) in [6.07, 6.45) is 3.14. The van der Waals surface area contributed by atoms with Crippen LogP contribution in [0.5, 0.6) is 34.6 Å². The number of nitrogens with one attached hydrogen (secondary N) is 2. The van der Waals surface area contributed by atoms with Gasteiger partial charge in [0.1, 0.15) is 0 Å². The second kappa shape index (κ2) is 10.8. The number of ether oxygens (including phenoxy) is 5. The lowest BCUT2D eigenvalue weighted by Gasteiger charge is -2.17. The fraction of sp³-hybridized carbons (Fsp3) is 0.160. The zero-order valence-electron chi connectivity index (χ0n) is 20.4. The van der Waals surface area contributed by atoms with Crippen LogP contribution in [0.1, 0.15) is 5.56 Å². The number of hydrogen-bond donors (Lipinski definition) is 2. The highest BCUT2D eigenvalue weighted by atomic mass is 32.2. The zero-order chi connectivity index (χ0) is 26.5. The number of rotatable bonds is 10. The van der Waals surface area contributed by atoms with Crippen molar-refractivity contribution in [3.8, 4) is 46.0 Å². The molecule has 2 aromatic heterocycles. The second-order valence-electron chi connectivity index (χ2n) is 7.84. The highest BCUT2D eigenvalue weighted by molar-refractivity contribution is 7.90. The van der Waals surface area contributed by atoms with Crippen molar-refractivity contribution in [2.75, 3.05) is 25.7 Å². The number of methoxy groups -OCH3 is 2. The van der Waals surface area contributed by atoms with Crippen molar-refractivity contribution in [3.63, 3.8) is 0 Å². The normalized spacial score (nSPS) is 12.2. The maximum absolute atomic E-state index is 13.1. The molecule has 3 heterocycles. The molecule has 0 spiro atoms. The lowest BCUT2D eigenvalue weighted by molar-refractivity contribution is 0.174. The molecule has 0 amide bonds. The first kappa shape index (κ1) is 25.0. The van der Waals surface area contributed by atoms with Crippen LogP contribution in [0.25, 0.3) is 11.4 Å². The third-order valence-electron chi connectivity index (χ3n) is 5.38. The smallest absolute Gasteiger partial charge is 0.300 e. The Morgan fingerprint density at radius 2 is 1.68 bits per heavy atom. The molecule has 0 atom stereocenters. The Bertz CT molecular complexity index is 1550. The number of fused-ring (bicyclic) bond motifs is 1. The highest BCUT2D eigenvalue weighted by Gasteiger charge is 2.24. The van der Waals surface area contributed by atoms with Crippen LogP contribution in [0.2, 0.25) is 0 Å². The maximum atomic E-state index is 13.1. The van der Waals surface area contributed by atoms with E-state index in [0.717, 1.165) is 0 Å². The van der Waals surface area contributed by atoms with Gasteiger partial charge in [-0.25, -0.2) is 4.98 Å². The van der Waals surface area contributed by atoms with Gasteiger partial charge in [0, 0.05) is 24.5 Å². The minimum Gasteiger partial charge on any atom is -0.493 e. The fourth-order valence-corrected chi connectivity index (χ4v) is 4.39. The van der Waals surface area contributed by atoms with E-state index in [-0.39, 0.29) is 36.6 Å². The van der Waals surface area contributed by atoms with E-state index in [2.05, 4.69) is 24.4 Å². The van der Waals surface area contributed by atoms with E-state index in [9.17, 15) is 8.42 Å². The topological polar surface area (TPSA) is 143 Å². The minimum absolute atomic E-state index is 0.00573. The monoisotopic (exact) mass is 537 g/mol. The Morgan fingerprint density at radius 3 is 2.45 bits per heavy atom. The van der Waals surface area contributed by atoms with Gasteiger partial charge in [0.25, 0.3) is 5.88 Å². The van der Waals surface area contributed by atoms with Crippen LogP contribution in [0.3, 0.4) is 0 Å². The van der Waals surface area contributed by atoms with Crippen LogP contribution in [-0.2, 0) is 16.8 Å². The van der Waals surface area contributed by atoms with Gasteiger partial charge in [0.2, 0.25) is 12.5 Å². The van der Waals surface area contributed by atoms with Gasteiger partial charge in [0.05, 0.1) is 14.2 Å². The van der Waals surface area contributed by atoms with Gasteiger partial charge in [-0.3, -0.25) is 9.71 Å². The average Bonchev–Trinajstić information content (AvgIpc) is 3.41. The van der Waals surface area contributed by atoms with E-state index in [0.29, 0.717) is 34.1 Å². The van der Waals surface area contributed by atoms with E-state index in [1.807, 2.05) is 0 Å². The van der Waals surface area contributed by atoms with Crippen LogP contribution in [-0.4, -0.2) is 44.4 Å². The van der Waals surface area contributed by atoms with Gasteiger partial charge in [-0.05, 0) is 42.0 Å². The summed E-state index contributed by atoms with van der Waals surface area (Å²) >= 11 is 0. The fourth-order valence-electron chi connectivity index (χ4n) is 3.57. The Labute approximate surface area is 218 Å². The molecule has 0 radical (unpaired) electrons. The van der Waals surface area contributed by atoms with Crippen LogP contribution < -0.4 is 33.1 Å². The van der Waals surface area contributed by atoms with Gasteiger partial charge in [-0.2, -0.15) is 18.1 Å². The number of pyridine rings is 1. The lowest BCUT2D eigenvalue weighted by Crippen LogP contribution is -2.30. The van der Waals surface area contributed by atoms with Crippen LogP contribution in [0.15, 0.2) is 67.0 Å². The summed E-state index contributed by atoms with van der Waals surface area (Å²) in [7, 11) is -1.26. The van der Waals surface area contributed by atoms with Gasteiger partial charge >= 0.3 is 10.2 Å². The molecule has 0 unspecified atom stereocenters. The Balaban J connectivity index is 1.48.